The molecule has 2 aromatic carbocycles. The zero-order valence-electron chi connectivity index (χ0n) is 11.9. The average Bonchev–Trinajstić information content (AvgIpc) is 2.90. The molecule has 0 radical (unpaired) electrons. The number of aromatic nitrogens is 1. The minimum atomic E-state index is -0.702. The summed E-state index contributed by atoms with van der Waals surface area (Å²) in [7, 11) is 0. The van der Waals surface area contributed by atoms with Crippen molar-refractivity contribution in [2.75, 3.05) is 0 Å². The van der Waals surface area contributed by atoms with Crippen LogP contribution in [0, 0.1) is 0 Å². The van der Waals surface area contributed by atoms with Crippen LogP contribution in [0.2, 0.25) is 0 Å². The van der Waals surface area contributed by atoms with Crippen molar-refractivity contribution < 1.29 is 9.90 Å². The smallest absolute Gasteiger partial charge is 0.303 e. The molecular weight excluding hydrogens is 262 g/mol. The predicted molar refractivity (Wildman–Crippen MR) is 85.6 cm³/mol. The molecule has 3 heteroatoms. The van der Waals surface area contributed by atoms with E-state index in [2.05, 4.69) is 47.4 Å². The fraction of sp³-hybridized carbons (Fsp3) is 0.278. The van der Waals surface area contributed by atoms with Gasteiger partial charge in [0.25, 0.3) is 0 Å². The first-order valence-corrected chi connectivity index (χ1v) is 7.45. The van der Waals surface area contributed by atoms with E-state index in [9.17, 15) is 4.79 Å². The highest BCUT2D eigenvalue weighted by Crippen LogP contribution is 2.26. The Morgan fingerprint density at radius 3 is 2.67 bits per heavy atom. The van der Waals surface area contributed by atoms with E-state index in [0.717, 1.165) is 25.7 Å². The summed E-state index contributed by atoms with van der Waals surface area (Å²) in [4.78, 5) is 14.0. The van der Waals surface area contributed by atoms with Gasteiger partial charge in [-0.2, -0.15) is 0 Å². The van der Waals surface area contributed by atoms with E-state index in [1.165, 1.54) is 27.4 Å². The van der Waals surface area contributed by atoms with Crippen molar-refractivity contribution in [3.8, 4) is 0 Å². The molecule has 0 aliphatic carbocycles. The second-order valence-corrected chi connectivity index (χ2v) is 5.50. The second-order valence-electron chi connectivity index (χ2n) is 5.50. The number of nitrogens with one attached hydrogen (secondary N) is 1. The number of fused-ring (bicyclic) bond motifs is 3. The Morgan fingerprint density at radius 2 is 1.81 bits per heavy atom. The van der Waals surface area contributed by atoms with Gasteiger partial charge in [0.2, 0.25) is 0 Å². The number of benzene rings is 2. The van der Waals surface area contributed by atoms with Crippen molar-refractivity contribution >= 4 is 27.6 Å². The Kier molecular flexibility index (Phi) is 3.91. The molecule has 0 saturated carbocycles. The van der Waals surface area contributed by atoms with Crippen LogP contribution in [0.4, 0.5) is 0 Å². The number of aryl methyl sites for hydroxylation is 1. The van der Waals surface area contributed by atoms with Crippen LogP contribution in [0.3, 0.4) is 0 Å². The molecule has 1 aromatic heterocycles. The molecule has 0 bridgehead atoms. The van der Waals surface area contributed by atoms with Crippen molar-refractivity contribution in [2.24, 2.45) is 0 Å². The third-order valence-corrected chi connectivity index (χ3v) is 3.91. The number of carboxylic acid groups (broad SMARTS) is 1. The van der Waals surface area contributed by atoms with Crippen LogP contribution in [0.5, 0.6) is 0 Å². The van der Waals surface area contributed by atoms with Gasteiger partial charge in [0.1, 0.15) is 0 Å². The maximum Gasteiger partial charge on any atom is 0.303 e. The van der Waals surface area contributed by atoms with Crippen molar-refractivity contribution in [1.82, 2.24) is 4.98 Å². The monoisotopic (exact) mass is 281 g/mol. The number of rotatable bonds is 6. The molecule has 0 spiro atoms. The van der Waals surface area contributed by atoms with Crippen LogP contribution in [-0.4, -0.2) is 16.1 Å². The van der Waals surface area contributed by atoms with Gasteiger partial charge in [-0.1, -0.05) is 42.8 Å². The third-order valence-electron chi connectivity index (χ3n) is 3.91. The molecule has 2 N–H and O–H groups in total. The molecule has 3 aromatic rings. The molecule has 3 nitrogen and oxygen atoms in total. The lowest BCUT2D eigenvalue weighted by Gasteiger charge is -1.99. The van der Waals surface area contributed by atoms with Gasteiger partial charge >= 0.3 is 5.97 Å². The van der Waals surface area contributed by atoms with E-state index >= 15 is 0 Å². The van der Waals surface area contributed by atoms with Crippen LogP contribution >= 0.6 is 0 Å². The fourth-order valence-corrected chi connectivity index (χ4v) is 2.84. The maximum atomic E-state index is 10.5. The highest BCUT2D eigenvalue weighted by molar-refractivity contribution is 6.05. The topological polar surface area (TPSA) is 53.1 Å². The number of aliphatic carboxylic acids is 1. The molecule has 0 aliphatic rings. The number of aromatic amines is 1. The molecule has 0 saturated heterocycles. The SMILES string of the molecule is O=C(O)CCCCCc1cc2ccc3ccccc3c2[nH]1. The number of unbranched alkanes of at least 4 members (excludes halogenated alkanes) is 2. The van der Waals surface area contributed by atoms with E-state index in [0.29, 0.717) is 0 Å². The van der Waals surface area contributed by atoms with Crippen LogP contribution in [0.25, 0.3) is 21.7 Å². The van der Waals surface area contributed by atoms with Gasteiger partial charge in [-0.15, -0.1) is 0 Å². The van der Waals surface area contributed by atoms with Crippen LogP contribution in [0.1, 0.15) is 31.4 Å². The van der Waals surface area contributed by atoms with Gasteiger partial charge in [-0.3, -0.25) is 4.79 Å². The molecule has 0 unspecified atom stereocenters. The summed E-state index contributed by atoms with van der Waals surface area (Å²) in [5.74, 6) is -0.702. The standard InChI is InChI=1S/C18H19NO2/c20-17(21)9-3-1-2-7-15-12-14-11-10-13-6-4-5-8-16(13)18(14)19-15/h4-6,8,10-12,19H,1-3,7,9H2,(H,20,21). The molecule has 3 rings (SSSR count). The molecular formula is C18H19NO2. The minimum Gasteiger partial charge on any atom is -0.481 e. The van der Waals surface area contributed by atoms with Gasteiger partial charge in [0.05, 0.1) is 5.52 Å². The third kappa shape index (κ3) is 3.07. The summed E-state index contributed by atoms with van der Waals surface area (Å²) in [6.07, 6.45) is 4.00. The Hall–Kier alpha value is -2.29. The highest BCUT2D eigenvalue weighted by Gasteiger charge is 2.05. The Labute approximate surface area is 123 Å². The van der Waals surface area contributed by atoms with Crippen LogP contribution in [0.15, 0.2) is 42.5 Å². The molecule has 0 atom stereocenters. The zero-order chi connectivity index (χ0) is 14.7. The van der Waals surface area contributed by atoms with Gasteiger partial charge in [-0.05, 0) is 30.7 Å². The molecule has 0 aliphatic heterocycles. The first-order valence-electron chi connectivity index (χ1n) is 7.45. The van der Waals surface area contributed by atoms with Gasteiger partial charge in [0, 0.05) is 22.9 Å². The largest absolute Gasteiger partial charge is 0.481 e. The number of hydrogen-bond donors (Lipinski definition) is 2. The Bertz CT molecular complexity index is 773. The minimum absolute atomic E-state index is 0.275. The summed E-state index contributed by atoms with van der Waals surface area (Å²) >= 11 is 0. The number of carbonyl (C=O) groups is 1. The Morgan fingerprint density at radius 1 is 1.00 bits per heavy atom. The van der Waals surface area contributed by atoms with Crippen LogP contribution in [-0.2, 0) is 11.2 Å². The van der Waals surface area contributed by atoms with Crippen molar-refractivity contribution in [2.45, 2.75) is 32.1 Å². The fourth-order valence-electron chi connectivity index (χ4n) is 2.84. The lowest BCUT2D eigenvalue weighted by atomic mass is 10.1. The van der Waals surface area contributed by atoms with Gasteiger partial charge in [-0.25, -0.2) is 0 Å². The molecule has 108 valence electrons. The van der Waals surface area contributed by atoms with Crippen molar-refractivity contribution in [1.29, 1.82) is 0 Å². The lowest BCUT2D eigenvalue weighted by molar-refractivity contribution is -0.137. The van der Waals surface area contributed by atoms with Crippen molar-refractivity contribution in [3.63, 3.8) is 0 Å². The van der Waals surface area contributed by atoms with E-state index in [1.807, 2.05) is 0 Å². The normalized spacial score (nSPS) is 11.2. The number of hydrogen-bond acceptors (Lipinski definition) is 1. The summed E-state index contributed by atoms with van der Waals surface area (Å²) in [5.41, 5.74) is 2.44. The highest BCUT2D eigenvalue weighted by atomic mass is 16.4. The molecule has 21 heavy (non-hydrogen) atoms. The predicted octanol–water partition coefficient (Wildman–Crippen LogP) is 4.51. The Balaban J connectivity index is 1.72. The first-order chi connectivity index (χ1) is 10.2. The van der Waals surface area contributed by atoms with E-state index < -0.39 is 5.97 Å². The van der Waals surface area contributed by atoms with E-state index in [-0.39, 0.29) is 6.42 Å². The van der Waals surface area contributed by atoms with E-state index in [4.69, 9.17) is 5.11 Å². The number of carboxylic acids is 1. The quantitative estimate of drug-likeness (QED) is 0.653. The van der Waals surface area contributed by atoms with Crippen molar-refractivity contribution in [3.05, 3.63) is 48.2 Å². The summed E-state index contributed by atoms with van der Waals surface area (Å²) < 4.78 is 0. The summed E-state index contributed by atoms with van der Waals surface area (Å²) in [6, 6.07) is 14.9. The lowest BCUT2D eigenvalue weighted by Crippen LogP contribution is -1.94. The summed E-state index contributed by atoms with van der Waals surface area (Å²) in [6.45, 7) is 0. The molecule has 0 amide bonds. The number of H-pyrrole nitrogens is 1. The van der Waals surface area contributed by atoms with E-state index in [1.54, 1.807) is 0 Å². The van der Waals surface area contributed by atoms with Crippen LogP contribution < -0.4 is 0 Å². The zero-order valence-corrected chi connectivity index (χ0v) is 11.9. The average molecular weight is 281 g/mol. The summed E-state index contributed by atoms with van der Waals surface area (Å²) in [5, 5.41) is 12.4. The van der Waals surface area contributed by atoms with Gasteiger partial charge in [0.15, 0.2) is 0 Å². The molecule has 1 heterocycles. The second kappa shape index (κ2) is 6.00. The van der Waals surface area contributed by atoms with Gasteiger partial charge < -0.3 is 10.1 Å². The molecule has 0 fully saturated rings. The first kappa shape index (κ1) is 13.7. The maximum absolute atomic E-state index is 10.5.